The van der Waals surface area contributed by atoms with Gasteiger partial charge < -0.3 is 19.3 Å². The average Bonchev–Trinajstić information content (AvgIpc) is 2.93. The Morgan fingerprint density at radius 1 is 0.622 bits per heavy atom. The fraction of sp³-hybridized carbons (Fsp3) is 0.0333. The van der Waals surface area contributed by atoms with Crippen LogP contribution in [0.1, 0.15) is 10.4 Å². The van der Waals surface area contributed by atoms with Crippen molar-refractivity contribution in [2.75, 3.05) is 6.61 Å². The summed E-state index contributed by atoms with van der Waals surface area (Å²) < 4.78 is 15.6. The first kappa shape index (κ1) is 24.9. The quantitative estimate of drug-likeness (QED) is 0.178. The number of carbonyl (C=O) groups excluding carboxylic acids is 2. The number of aliphatic carboxylic acids is 1. The molecule has 0 aliphatic rings. The highest BCUT2D eigenvalue weighted by molar-refractivity contribution is 5.91. The van der Waals surface area contributed by atoms with Gasteiger partial charge in [-0.15, -0.1) is 0 Å². The highest BCUT2D eigenvalue weighted by Gasteiger charge is 2.10. The van der Waals surface area contributed by atoms with Crippen LogP contribution in [-0.2, 0) is 9.59 Å². The Morgan fingerprint density at radius 3 is 1.49 bits per heavy atom. The molecular formula is C30H22O7. The maximum atomic E-state index is 12.4. The summed E-state index contributed by atoms with van der Waals surface area (Å²) in [6.45, 7) is 2.96. The lowest BCUT2D eigenvalue weighted by molar-refractivity contribution is -0.139. The molecule has 0 saturated carbocycles. The van der Waals surface area contributed by atoms with Crippen LogP contribution in [0.15, 0.2) is 110 Å². The first-order valence-electron chi connectivity index (χ1n) is 11.2. The highest BCUT2D eigenvalue weighted by atomic mass is 16.5. The van der Waals surface area contributed by atoms with Crippen LogP contribution in [0.5, 0.6) is 17.2 Å². The molecule has 1 N–H and O–H groups in total. The summed E-state index contributed by atoms with van der Waals surface area (Å²) in [5.41, 5.74) is 4.25. The fourth-order valence-corrected chi connectivity index (χ4v) is 3.44. The fourth-order valence-electron chi connectivity index (χ4n) is 3.44. The predicted molar refractivity (Wildman–Crippen MR) is 138 cm³/mol. The molecule has 4 aromatic carbocycles. The maximum Gasteiger partial charge on any atom is 0.343 e. The van der Waals surface area contributed by atoms with Gasteiger partial charge in [0.15, 0.2) is 6.61 Å². The smallest absolute Gasteiger partial charge is 0.343 e. The lowest BCUT2D eigenvalue weighted by Gasteiger charge is -2.08. The van der Waals surface area contributed by atoms with Crippen molar-refractivity contribution < 1.29 is 33.7 Å². The molecule has 0 saturated heterocycles. The number of hydrogen-bond donors (Lipinski definition) is 1. The van der Waals surface area contributed by atoms with Crippen molar-refractivity contribution >= 4 is 17.9 Å². The van der Waals surface area contributed by atoms with Crippen molar-refractivity contribution in [3.8, 4) is 39.5 Å². The number of carboxylic acid groups (broad SMARTS) is 1. The van der Waals surface area contributed by atoms with Gasteiger partial charge in [0, 0.05) is 6.08 Å². The van der Waals surface area contributed by atoms with Crippen molar-refractivity contribution in [1.29, 1.82) is 0 Å². The van der Waals surface area contributed by atoms with E-state index in [0.717, 1.165) is 28.3 Å². The summed E-state index contributed by atoms with van der Waals surface area (Å²) in [5, 5.41) is 8.70. The maximum absolute atomic E-state index is 12.4. The molecule has 0 aliphatic carbocycles. The number of carboxylic acids is 1. The van der Waals surface area contributed by atoms with Gasteiger partial charge in [-0.25, -0.2) is 14.4 Å². The molecule has 7 heteroatoms. The summed E-state index contributed by atoms with van der Waals surface area (Å²) in [5.74, 6) is -0.932. The molecule has 184 valence electrons. The van der Waals surface area contributed by atoms with E-state index in [-0.39, 0.29) is 6.61 Å². The summed E-state index contributed by atoms with van der Waals surface area (Å²) in [6, 6.07) is 28.4. The molecule has 0 unspecified atom stereocenters. The Balaban J connectivity index is 1.37. The van der Waals surface area contributed by atoms with Crippen LogP contribution in [-0.4, -0.2) is 29.6 Å². The van der Waals surface area contributed by atoms with E-state index in [0.29, 0.717) is 22.8 Å². The van der Waals surface area contributed by atoms with Crippen LogP contribution in [0.25, 0.3) is 22.3 Å². The van der Waals surface area contributed by atoms with Gasteiger partial charge in [0.1, 0.15) is 17.2 Å². The summed E-state index contributed by atoms with van der Waals surface area (Å²) in [7, 11) is 0. The highest BCUT2D eigenvalue weighted by Crippen LogP contribution is 2.28. The second-order valence-electron chi connectivity index (χ2n) is 7.85. The molecular weight excluding hydrogens is 472 g/mol. The van der Waals surface area contributed by atoms with Gasteiger partial charge >= 0.3 is 17.9 Å². The van der Waals surface area contributed by atoms with E-state index in [9.17, 15) is 14.4 Å². The SMILES string of the molecule is C=CC(=O)Oc1ccc(C(=O)Oc2ccc(-c3ccc(-c4ccc(OCC(=O)O)cc4)cc3)cc2)cc1. The molecule has 7 nitrogen and oxygen atoms in total. The Labute approximate surface area is 213 Å². The lowest BCUT2D eigenvalue weighted by Crippen LogP contribution is -2.09. The number of ether oxygens (including phenoxy) is 3. The summed E-state index contributed by atoms with van der Waals surface area (Å²) in [4.78, 5) is 34.3. The number of esters is 2. The van der Waals surface area contributed by atoms with Crippen LogP contribution in [0.3, 0.4) is 0 Å². The van der Waals surface area contributed by atoms with Crippen LogP contribution >= 0.6 is 0 Å². The zero-order valence-electron chi connectivity index (χ0n) is 19.6. The van der Waals surface area contributed by atoms with Gasteiger partial charge in [-0.05, 0) is 70.8 Å². The molecule has 0 aromatic heterocycles. The van der Waals surface area contributed by atoms with E-state index in [1.54, 1.807) is 24.3 Å². The van der Waals surface area contributed by atoms with Crippen molar-refractivity contribution in [2.45, 2.75) is 0 Å². The molecule has 0 aliphatic heterocycles. The van der Waals surface area contributed by atoms with Gasteiger partial charge in [0.05, 0.1) is 5.56 Å². The number of hydrogen-bond acceptors (Lipinski definition) is 6. The van der Waals surface area contributed by atoms with Crippen LogP contribution in [0, 0.1) is 0 Å². The molecule has 0 heterocycles. The van der Waals surface area contributed by atoms with E-state index >= 15 is 0 Å². The number of rotatable bonds is 9. The van der Waals surface area contributed by atoms with Crippen molar-refractivity contribution in [1.82, 2.24) is 0 Å². The Bertz CT molecular complexity index is 1400. The van der Waals surface area contributed by atoms with Gasteiger partial charge in [-0.3, -0.25) is 0 Å². The van der Waals surface area contributed by atoms with Gasteiger partial charge in [-0.2, -0.15) is 0 Å². The Hall–Kier alpha value is -5.17. The van der Waals surface area contributed by atoms with E-state index in [2.05, 4.69) is 6.58 Å². The third kappa shape index (κ3) is 6.70. The second-order valence-corrected chi connectivity index (χ2v) is 7.85. The zero-order chi connectivity index (χ0) is 26.2. The predicted octanol–water partition coefficient (Wildman–Crippen LogP) is 5.79. The minimum absolute atomic E-state index is 0.304. The third-order valence-electron chi connectivity index (χ3n) is 5.31. The van der Waals surface area contributed by atoms with Gasteiger partial charge in [0.25, 0.3) is 0 Å². The van der Waals surface area contributed by atoms with E-state index in [1.807, 2.05) is 48.5 Å². The zero-order valence-corrected chi connectivity index (χ0v) is 19.6. The molecule has 4 rings (SSSR count). The molecule has 0 radical (unpaired) electrons. The van der Waals surface area contributed by atoms with Crippen LogP contribution in [0.4, 0.5) is 0 Å². The molecule has 0 atom stereocenters. The molecule has 0 bridgehead atoms. The molecule has 4 aromatic rings. The molecule has 37 heavy (non-hydrogen) atoms. The Morgan fingerprint density at radius 2 is 1.03 bits per heavy atom. The first-order valence-corrected chi connectivity index (χ1v) is 11.2. The molecule has 0 amide bonds. The summed E-state index contributed by atoms with van der Waals surface area (Å²) in [6.07, 6.45) is 1.06. The third-order valence-corrected chi connectivity index (χ3v) is 5.31. The minimum atomic E-state index is -1.02. The van der Waals surface area contributed by atoms with Crippen LogP contribution in [0.2, 0.25) is 0 Å². The average molecular weight is 494 g/mol. The second kappa shape index (κ2) is 11.5. The normalized spacial score (nSPS) is 10.3. The largest absolute Gasteiger partial charge is 0.482 e. The standard InChI is InChI=1S/C30H22O7/c1-2-29(33)36-26-17-11-24(12-18-26)30(34)37-27-15-9-23(10-16-27)21-5-3-20(4-6-21)22-7-13-25(14-8-22)35-19-28(31)32/h2-18H,1,19H2,(H,31,32). The van der Waals surface area contributed by atoms with Gasteiger partial charge in [0.2, 0.25) is 0 Å². The Kier molecular flexibility index (Phi) is 7.75. The number of carbonyl (C=O) groups is 3. The van der Waals surface area contributed by atoms with E-state index < -0.39 is 17.9 Å². The summed E-state index contributed by atoms with van der Waals surface area (Å²) >= 11 is 0. The van der Waals surface area contributed by atoms with Crippen molar-refractivity contribution in [2.24, 2.45) is 0 Å². The van der Waals surface area contributed by atoms with E-state index in [1.165, 1.54) is 24.3 Å². The topological polar surface area (TPSA) is 99.1 Å². The van der Waals surface area contributed by atoms with Crippen molar-refractivity contribution in [3.05, 3.63) is 115 Å². The minimum Gasteiger partial charge on any atom is -0.482 e. The molecule has 0 fully saturated rings. The lowest BCUT2D eigenvalue weighted by atomic mass is 10.0. The molecule has 0 spiro atoms. The monoisotopic (exact) mass is 494 g/mol. The van der Waals surface area contributed by atoms with Crippen molar-refractivity contribution in [3.63, 3.8) is 0 Å². The van der Waals surface area contributed by atoms with Gasteiger partial charge in [-0.1, -0.05) is 55.1 Å². The number of benzene rings is 4. The van der Waals surface area contributed by atoms with E-state index in [4.69, 9.17) is 19.3 Å². The van der Waals surface area contributed by atoms with Crippen LogP contribution < -0.4 is 14.2 Å². The first-order chi connectivity index (χ1) is 17.9.